The molecule has 1 heterocycles. The third-order valence-corrected chi connectivity index (χ3v) is 1.63. The summed E-state index contributed by atoms with van der Waals surface area (Å²) in [6, 6.07) is 1.79. The predicted octanol–water partition coefficient (Wildman–Crippen LogP) is -0.106. The normalized spacial score (nSPS) is 12.0. The van der Waals surface area contributed by atoms with Crippen molar-refractivity contribution in [2.45, 2.75) is 13.8 Å². The summed E-state index contributed by atoms with van der Waals surface area (Å²) >= 11 is 0. The molecule has 1 aromatic heterocycles. The zero-order chi connectivity index (χ0) is 8.43. The van der Waals surface area contributed by atoms with E-state index in [2.05, 4.69) is 11.6 Å². The van der Waals surface area contributed by atoms with Gasteiger partial charge < -0.3 is 4.98 Å². The molecule has 0 saturated carbocycles. The molecule has 1 N–H and O–H groups in total. The van der Waals surface area contributed by atoms with Crippen LogP contribution in [0.1, 0.15) is 12.5 Å². The van der Waals surface area contributed by atoms with Crippen LogP contribution in [0.4, 0.5) is 0 Å². The van der Waals surface area contributed by atoms with Crippen molar-refractivity contribution in [2.75, 3.05) is 0 Å². The van der Waals surface area contributed by atoms with E-state index in [4.69, 9.17) is 0 Å². The summed E-state index contributed by atoms with van der Waals surface area (Å²) in [5, 5.41) is 1.67. The molecule has 0 unspecified atom stereocenters. The number of pyridine rings is 1. The van der Waals surface area contributed by atoms with Crippen LogP contribution in [-0.2, 0) is 0 Å². The molecule has 58 valence electrons. The van der Waals surface area contributed by atoms with E-state index in [1.54, 1.807) is 13.0 Å². The molecular weight excluding hydrogens is 138 g/mol. The van der Waals surface area contributed by atoms with Gasteiger partial charge in [-0.05, 0) is 25.1 Å². The highest BCUT2D eigenvalue weighted by molar-refractivity contribution is 5.21. The van der Waals surface area contributed by atoms with Crippen LogP contribution < -0.4 is 16.1 Å². The van der Waals surface area contributed by atoms with Gasteiger partial charge in [0.1, 0.15) is 0 Å². The monoisotopic (exact) mass is 149 g/mol. The highest BCUT2D eigenvalue weighted by Crippen LogP contribution is 1.73. The molecule has 0 radical (unpaired) electrons. The van der Waals surface area contributed by atoms with Gasteiger partial charge in [-0.2, -0.15) is 0 Å². The third kappa shape index (κ3) is 1.40. The first-order valence-electron chi connectivity index (χ1n) is 3.50. The first-order valence-corrected chi connectivity index (χ1v) is 3.50. The van der Waals surface area contributed by atoms with Crippen LogP contribution in [0, 0.1) is 6.92 Å². The minimum Gasteiger partial charge on any atom is -0.322 e. The number of aromatic amines is 1. The second-order valence-corrected chi connectivity index (χ2v) is 2.51. The van der Waals surface area contributed by atoms with E-state index in [9.17, 15) is 4.79 Å². The average Bonchev–Trinajstić information content (AvgIpc) is 1.97. The Morgan fingerprint density at radius 1 is 1.64 bits per heavy atom. The quantitative estimate of drug-likeness (QED) is 0.548. The number of aromatic nitrogens is 1. The molecule has 1 rings (SSSR count). The summed E-state index contributed by atoms with van der Waals surface area (Å²) in [6.07, 6.45) is 1.84. The molecule has 0 saturated heterocycles. The van der Waals surface area contributed by atoms with Crippen LogP contribution in [0.5, 0.6) is 0 Å². The molecule has 0 aliphatic rings. The minimum absolute atomic E-state index is 0.0366. The number of rotatable bonds is 0. The maximum atomic E-state index is 11.0. The van der Waals surface area contributed by atoms with Crippen LogP contribution in [0.2, 0.25) is 0 Å². The summed E-state index contributed by atoms with van der Waals surface area (Å²) in [5.74, 6) is 0. The van der Waals surface area contributed by atoms with Gasteiger partial charge in [-0.1, -0.05) is 12.7 Å². The van der Waals surface area contributed by atoms with Crippen LogP contribution in [-0.4, -0.2) is 4.98 Å². The molecule has 0 atom stereocenters. The highest BCUT2D eigenvalue weighted by atomic mass is 16.1. The lowest BCUT2D eigenvalue weighted by molar-refractivity contribution is 1.11. The lowest BCUT2D eigenvalue weighted by atomic mass is 10.2. The molecule has 0 spiro atoms. The molecule has 2 nitrogen and oxygen atoms in total. The van der Waals surface area contributed by atoms with Gasteiger partial charge in [-0.15, -0.1) is 0 Å². The number of H-pyrrole nitrogens is 1. The molecule has 0 aliphatic carbocycles. The van der Waals surface area contributed by atoms with E-state index >= 15 is 0 Å². The predicted molar refractivity (Wildman–Crippen MR) is 46.7 cm³/mol. The Morgan fingerprint density at radius 2 is 2.27 bits per heavy atom. The first-order chi connectivity index (χ1) is 5.15. The molecule has 0 bridgehead atoms. The van der Waals surface area contributed by atoms with E-state index in [0.29, 0.717) is 5.56 Å². The number of nitrogens with one attached hydrogen (secondary N) is 1. The summed E-state index contributed by atoms with van der Waals surface area (Å²) in [6.45, 7) is 7.43. The van der Waals surface area contributed by atoms with Crippen molar-refractivity contribution in [1.29, 1.82) is 0 Å². The fourth-order valence-corrected chi connectivity index (χ4v) is 0.963. The summed E-state index contributed by atoms with van der Waals surface area (Å²) in [7, 11) is 0. The molecule has 11 heavy (non-hydrogen) atoms. The standard InChI is InChI=1S/C9H11NO/c1-4-8-6(2)5-7(3)9(11)10-8/h4-5H,2H2,1,3H3,(H,10,11)/b8-4+. The largest absolute Gasteiger partial charge is 0.322 e. The maximum absolute atomic E-state index is 11.0. The van der Waals surface area contributed by atoms with Crippen molar-refractivity contribution in [3.63, 3.8) is 0 Å². The summed E-state index contributed by atoms with van der Waals surface area (Å²) in [4.78, 5) is 13.8. The van der Waals surface area contributed by atoms with Gasteiger partial charge in [0.25, 0.3) is 5.56 Å². The van der Waals surface area contributed by atoms with Crippen molar-refractivity contribution in [3.05, 3.63) is 32.6 Å². The Balaban J connectivity index is 3.73. The van der Waals surface area contributed by atoms with E-state index in [-0.39, 0.29) is 5.56 Å². The first kappa shape index (κ1) is 7.79. The van der Waals surface area contributed by atoms with Gasteiger partial charge in [-0.25, -0.2) is 0 Å². The molecule has 0 fully saturated rings. The van der Waals surface area contributed by atoms with E-state index in [1.807, 2.05) is 13.0 Å². The zero-order valence-corrected chi connectivity index (χ0v) is 6.77. The van der Waals surface area contributed by atoms with Crippen molar-refractivity contribution in [1.82, 2.24) is 4.98 Å². The van der Waals surface area contributed by atoms with Crippen molar-refractivity contribution < 1.29 is 0 Å². The third-order valence-electron chi connectivity index (χ3n) is 1.63. The van der Waals surface area contributed by atoms with Crippen LogP contribution in [0.3, 0.4) is 0 Å². The maximum Gasteiger partial charge on any atom is 0.251 e. The van der Waals surface area contributed by atoms with Gasteiger partial charge in [0.2, 0.25) is 0 Å². The van der Waals surface area contributed by atoms with Crippen LogP contribution >= 0.6 is 0 Å². The minimum atomic E-state index is -0.0366. The number of hydrogen-bond acceptors (Lipinski definition) is 1. The van der Waals surface area contributed by atoms with E-state index < -0.39 is 0 Å². The van der Waals surface area contributed by atoms with Crippen molar-refractivity contribution in [2.24, 2.45) is 0 Å². The van der Waals surface area contributed by atoms with Crippen molar-refractivity contribution in [3.8, 4) is 0 Å². The summed E-state index contributed by atoms with van der Waals surface area (Å²) < 4.78 is 0. The van der Waals surface area contributed by atoms with E-state index in [0.717, 1.165) is 10.6 Å². The second-order valence-electron chi connectivity index (χ2n) is 2.51. The molecule has 1 aromatic rings. The molecule has 0 aliphatic heterocycles. The van der Waals surface area contributed by atoms with Crippen molar-refractivity contribution >= 4 is 12.7 Å². The molecule has 2 heteroatoms. The van der Waals surface area contributed by atoms with Crippen LogP contribution in [0.15, 0.2) is 10.9 Å². The fraction of sp³-hybridized carbons (Fsp3) is 0.222. The summed E-state index contributed by atoms with van der Waals surface area (Å²) in [5.41, 5.74) is 0.672. The number of hydrogen-bond donors (Lipinski definition) is 1. The lowest BCUT2D eigenvalue weighted by Crippen LogP contribution is -2.34. The Hall–Kier alpha value is -1.31. The van der Waals surface area contributed by atoms with Crippen LogP contribution in [0.25, 0.3) is 12.7 Å². The van der Waals surface area contributed by atoms with Gasteiger partial charge in [-0.3, -0.25) is 4.79 Å². The molecule has 0 amide bonds. The van der Waals surface area contributed by atoms with E-state index in [1.165, 1.54) is 0 Å². The Kier molecular flexibility index (Phi) is 1.94. The number of aryl methyl sites for hydroxylation is 1. The van der Waals surface area contributed by atoms with Gasteiger partial charge in [0.05, 0.1) is 0 Å². The second kappa shape index (κ2) is 2.74. The SMILES string of the molecule is C=c1cc(C)c(=O)[nH]/c1=C/C. The Labute approximate surface area is 64.9 Å². The Bertz CT molecular complexity index is 414. The highest BCUT2D eigenvalue weighted by Gasteiger charge is 1.90. The smallest absolute Gasteiger partial charge is 0.251 e. The molecule has 0 aromatic carbocycles. The fourth-order valence-electron chi connectivity index (χ4n) is 0.963. The Morgan fingerprint density at radius 3 is 2.82 bits per heavy atom. The molecular formula is C9H11NO. The van der Waals surface area contributed by atoms with Gasteiger partial charge in [0.15, 0.2) is 0 Å². The van der Waals surface area contributed by atoms with Gasteiger partial charge >= 0.3 is 0 Å². The average molecular weight is 149 g/mol. The zero-order valence-electron chi connectivity index (χ0n) is 6.77. The lowest BCUT2D eigenvalue weighted by Gasteiger charge is -1.90. The topological polar surface area (TPSA) is 32.9 Å². The van der Waals surface area contributed by atoms with Gasteiger partial charge in [0, 0.05) is 10.9 Å².